The van der Waals surface area contributed by atoms with Crippen molar-refractivity contribution in [3.63, 3.8) is 0 Å². The van der Waals surface area contributed by atoms with E-state index in [0.29, 0.717) is 19.5 Å². The summed E-state index contributed by atoms with van der Waals surface area (Å²) in [5.41, 5.74) is 0. The Hall–Kier alpha value is -1.85. The summed E-state index contributed by atoms with van der Waals surface area (Å²) in [4.78, 5) is 26.4. The van der Waals surface area contributed by atoms with Crippen LogP contribution < -0.4 is 5.32 Å². The van der Waals surface area contributed by atoms with Crippen LogP contribution in [0.2, 0.25) is 0 Å². The lowest BCUT2D eigenvalue weighted by Crippen LogP contribution is -2.65. The second-order valence-corrected chi connectivity index (χ2v) is 5.46. The molecular formula is C14H22N4O2. The Morgan fingerprint density at radius 2 is 2.10 bits per heavy atom. The minimum Gasteiger partial charge on any atom is -0.343 e. The van der Waals surface area contributed by atoms with Gasteiger partial charge in [-0.2, -0.15) is 5.10 Å². The van der Waals surface area contributed by atoms with Crippen molar-refractivity contribution in [3.8, 4) is 0 Å². The summed E-state index contributed by atoms with van der Waals surface area (Å²) in [6.45, 7) is 6.94. The molecule has 20 heavy (non-hydrogen) atoms. The van der Waals surface area contributed by atoms with Crippen LogP contribution in [0.25, 0.3) is 0 Å². The highest BCUT2D eigenvalue weighted by atomic mass is 16.2. The molecule has 1 aliphatic rings. The third-order valence-electron chi connectivity index (χ3n) is 3.67. The average Bonchev–Trinajstić information content (AvgIpc) is 2.91. The zero-order valence-electron chi connectivity index (χ0n) is 12.2. The van der Waals surface area contributed by atoms with Crippen molar-refractivity contribution in [1.29, 1.82) is 0 Å². The number of nitrogens with zero attached hydrogens (tertiary/aromatic N) is 3. The summed E-state index contributed by atoms with van der Waals surface area (Å²) in [5, 5.41) is 6.95. The van der Waals surface area contributed by atoms with E-state index in [1.807, 2.05) is 33.0 Å². The Balaban J connectivity index is 2.13. The van der Waals surface area contributed by atoms with E-state index < -0.39 is 6.04 Å². The summed E-state index contributed by atoms with van der Waals surface area (Å²) in [5.74, 6) is 0.0549. The van der Waals surface area contributed by atoms with E-state index in [1.165, 1.54) is 0 Å². The van der Waals surface area contributed by atoms with Crippen molar-refractivity contribution >= 4 is 11.8 Å². The first kappa shape index (κ1) is 14.6. The number of piperazine rings is 1. The molecule has 1 N–H and O–H groups in total. The number of rotatable bonds is 5. The van der Waals surface area contributed by atoms with Gasteiger partial charge in [0.2, 0.25) is 11.8 Å². The van der Waals surface area contributed by atoms with Crippen LogP contribution in [0.5, 0.6) is 0 Å². The molecule has 0 spiro atoms. The van der Waals surface area contributed by atoms with Crippen LogP contribution in [0.1, 0.15) is 27.2 Å². The predicted octanol–water partition coefficient (Wildman–Crippen LogP) is 0.645. The van der Waals surface area contributed by atoms with E-state index >= 15 is 0 Å². The minimum absolute atomic E-state index is 0.0120. The SMILES string of the molecule is CCC1NC(=O)C(C(C)C)N(CCn2cccn2)C1=O. The average molecular weight is 278 g/mol. The Labute approximate surface area is 119 Å². The third-order valence-corrected chi connectivity index (χ3v) is 3.67. The molecule has 1 aromatic rings. The number of hydrogen-bond acceptors (Lipinski definition) is 3. The van der Waals surface area contributed by atoms with E-state index in [0.717, 1.165) is 0 Å². The molecule has 0 aliphatic carbocycles. The molecule has 2 atom stereocenters. The number of amides is 2. The van der Waals surface area contributed by atoms with Gasteiger partial charge in [0.25, 0.3) is 0 Å². The summed E-state index contributed by atoms with van der Waals surface area (Å²) >= 11 is 0. The normalized spacial score (nSPS) is 23.3. The van der Waals surface area contributed by atoms with Gasteiger partial charge in [-0.25, -0.2) is 0 Å². The van der Waals surface area contributed by atoms with Gasteiger partial charge >= 0.3 is 0 Å². The molecule has 1 fully saturated rings. The number of nitrogens with one attached hydrogen (secondary N) is 1. The van der Waals surface area contributed by atoms with Gasteiger partial charge in [-0.05, 0) is 18.4 Å². The molecule has 6 heteroatoms. The van der Waals surface area contributed by atoms with Gasteiger partial charge in [0, 0.05) is 18.9 Å². The van der Waals surface area contributed by atoms with Gasteiger partial charge in [0.05, 0.1) is 6.54 Å². The van der Waals surface area contributed by atoms with E-state index in [-0.39, 0.29) is 23.8 Å². The molecule has 2 rings (SSSR count). The van der Waals surface area contributed by atoms with Gasteiger partial charge in [0.15, 0.2) is 0 Å². The lowest BCUT2D eigenvalue weighted by Gasteiger charge is -2.40. The molecule has 1 aromatic heterocycles. The topological polar surface area (TPSA) is 67.2 Å². The quantitative estimate of drug-likeness (QED) is 0.859. The molecule has 1 saturated heterocycles. The van der Waals surface area contributed by atoms with Gasteiger partial charge < -0.3 is 10.2 Å². The first-order valence-electron chi connectivity index (χ1n) is 7.12. The van der Waals surface area contributed by atoms with E-state index in [2.05, 4.69) is 10.4 Å². The van der Waals surface area contributed by atoms with E-state index in [9.17, 15) is 9.59 Å². The van der Waals surface area contributed by atoms with Crippen molar-refractivity contribution in [1.82, 2.24) is 20.0 Å². The zero-order valence-corrected chi connectivity index (χ0v) is 12.2. The van der Waals surface area contributed by atoms with Crippen LogP contribution in [-0.2, 0) is 16.1 Å². The van der Waals surface area contributed by atoms with E-state index in [1.54, 1.807) is 15.8 Å². The van der Waals surface area contributed by atoms with Gasteiger partial charge in [-0.15, -0.1) is 0 Å². The fraction of sp³-hybridized carbons (Fsp3) is 0.643. The van der Waals surface area contributed by atoms with Crippen LogP contribution in [0.4, 0.5) is 0 Å². The Morgan fingerprint density at radius 1 is 1.35 bits per heavy atom. The van der Waals surface area contributed by atoms with Gasteiger partial charge in [-0.3, -0.25) is 14.3 Å². The van der Waals surface area contributed by atoms with Crippen molar-refractivity contribution in [3.05, 3.63) is 18.5 Å². The van der Waals surface area contributed by atoms with Gasteiger partial charge in [-0.1, -0.05) is 20.8 Å². The molecule has 2 unspecified atom stereocenters. The standard InChI is InChI=1S/C14H22N4O2/c1-4-11-14(20)18(9-8-17-7-5-6-15-17)12(10(2)3)13(19)16-11/h5-7,10-12H,4,8-9H2,1-3H3,(H,16,19). The highest BCUT2D eigenvalue weighted by Gasteiger charge is 2.40. The van der Waals surface area contributed by atoms with Crippen molar-refractivity contribution in [2.24, 2.45) is 5.92 Å². The molecule has 1 aliphatic heterocycles. The number of aromatic nitrogens is 2. The fourth-order valence-electron chi connectivity index (χ4n) is 2.63. The summed E-state index contributed by atoms with van der Waals surface area (Å²) in [6, 6.07) is 1.07. The monoisotopic (exact) mass is 278 g/mol. The highest BCUT2D eigenvalue weighted by Crippen LogP contribution is 2.18. The number of hydrogen-bond donors (Lipinski definition) is 1. The van der Waals surface area contributed by atoms with Gasteiger partial charge in [0.1, 0.15) is 12.1 Å². The highest BCUT2D eigenvalue weighted by molar-refractivity contribution is 5.97. The molecule has 6 nitrogen and oxygen atoms in total. The fourth-order valence-corrected chi connectivity index (χ4v) is 2.63. The predicted molar refractivity (Wildman–Crippen MR) is 74.8 cm³/mol. The largest absolute Gasteiger partial charge is 0.343 e. The molecule has 2 heterocycles. The maximum absolute atomic E-state index is 12.5. The first-order valence-corrected chi connectivity index (χ1v) is 7.12. The van der Waals surface area contributed by atoms with Crippen molar-refractivity contribution in [2.45, 2.75) is 45.8 Å². The minimum atomic E-state index is -0.393. The smallest absolute Gasteiger partial charge is 0.245 e. The second kappa shape index (κ2) is 6.07. The second-order valence-electron chi connectivity index (χ2n) is 5.46. The van der Waals surface area contributed by atoms with Crippen LogP contribution in [-0.4, -0.2) is 45.1 Å². The molecule has 0 saturated carbocycles. The molecule has 0 aromatic carbocycles. The van der Waals surface area contributed by atoms with Crippen LogP contribution in [0.3, 0.4) is 0 Å². The van der Waals surface area contributed by atoms with Crippen LogP contribution in [0, 0.1) is 5.92 Å². The molecular weight excluding hydrogens is 256 g/mol. The Bertz CT molecular complexity index is 470. The summed E-state index contributed by atoms with van der Waals surface area (Å²) in [6.07, 6.45) is 4.18. The summed E-state index contributed by atoms with van der Waals surface area (Å²) < 4.78 is 1.78. The van der Waals surface area contributed by atoms with E-state index in [4.69, 9.17) is 0 Å². The maximum atomic E-state index is 12.5. The van der Waals surface area contributed by atoms with Crippen LogP contribution in [0.15, 0.2) is 18.5 Å². The van der Waals surface area contributed by atoms with Crippen molar-refractivity contribution in [2.75, 3.05) is 6.54 Å². The Morgan fingerprint density at radius 3 is 2.65 bits per heavy atom. The Kier molecular flexibility index (Phi) is 4.42. The molecule has 2 amide bonds. The molecule has 0 radical (unpaired) electrons. The van der Waals surface area contributed by atoms with Crippen LogP contribution >= 0.6 is 0 Å². The lowest BCUT2D eigenvalue weighted by atomic mass is 9.96. The molecule has 0 bridgehead atoms. The van der Waals surface area contributed by atoms with Crippen molar-refractivity contribution < 1.29 is 9.59 Å². The molecule has 110 valence electrons. The third kappa shape index (κ3) is 2.84. The number of carbonyl (C=O) groups is 2. The first-order chi connectivity index (χ1) is 9.54. The number of carbonyl (C=O) groups excluding carboxylic acids is 2. The maximum Gasteiger partial charge on any atom is 0.245 e. The zero-order chi connectivity index (χ0) is 14.7. The lowest BCUT2D eigenvalue weighted by molar-refractivity contribution is -0.151. The summed E-state index contributed by atoms with van der Waals surface area (Å²) in [7, 11) is 0.